The van der Waals surface area contributed by atoms with Gasteiger partial charge in [0.1, 0.15) is 0 Å². The first-order chi connectivity index (χ1) is 11.1. The van der Waals surface area contributed by atoms with E-state index < -0.39 is 5.91 Å². The number of nitrogens with two attached hydrogens (primary N) is 1. The number of rotatable bonds is 3. The number of fused-ring (bicyclic) bond motifs is 1. The van der Waals surface area contributed by atoms with Crippen LogP contribution in [0, 0.1) is 0 Å². The van der Waals surface area contributed by atoms with Crippen LogP contribution in [0.1, 0.15) is 28.0 Å². The quantitative estimate of drug-likeness (QED) is 0.873. The van der Waals surface area contributed by atoms with E-state index >= 15 is 0 Å². The van der Waals surface area contributed by atoms with Crippen LogP contribution in [0.4, 0.5) is 5.69 Å². The molecule has 1 aliphatic rings. The van der Waals surface area contributed by atoms with E-state index in [1.807, 2.05) is 13.1 Å². The number of aryl methyl sites for hydroxylation is 2. The Morgan fingerprint density at radius 3 is 2.83 bits per heavy atom. The van der Waals surface area contributed by atoms with Gasteiger partial charge < -0.3 is 10.6 Å². The smallest absolute Gasteiger partial charge is 0.251 e. The van der Waals surface area contributed by atoms with Crippen molar-refractivity contribution in [2.75, 3.05) is 11.4 Å². The van der Waals surface area contributed by atoms with E-state index in [0.29, 0.717) is 12.1 Å². The lowest BCUT2D eigenvalue weighted by Gasteiger charge is -2.28. The molecular weight excluding hydrogens is 292 g/mol. The van der Waals surface area contributed by atoms with Crippen LogP contribution in [0.15, 0.2) is 36.5 Å². The number of benzene rings is 1. The topological polar surface area (TPSA) is 81.2 Å². The fraction of sp³-hybridized carbons (Fsp3) is 0.235. The van der Waals surface area contributed by atoms with Gasteiger partial charge in [0.15, 0.2) is 0 Å². The van der Waals surface area contributed by atoms with E-state index in [2.05, 4.69) is 5.10 Å². The first kappa shape index (κ1) is 15.0. The summed E-state index contributed by atoms with van der Waals surface area (Å²) in [6, 6.07) is 7.08. The largest absolute Gasteiger partial charge is 0.366 e. The zero-order valence-electron chi connectivity index (χ0n) is 12.9. The highest BCUT2D eigenvalue weighted by Crippen LogP contribution is 2.28. The highest BCUT2D eigenvalue weighted by atomic mass is 16.2. The van der Waals surface area contributed by atoms with Crippen LogP contribution in [-0.4, -0.2) is 28.1 Å². The molecule has 6 heteroatoms. The molecule has 2 heterocycles. The number of hydrogen-bond donors (Lipinski definition) is 1. The molecule has 1 aromatic carbocycles. The number of aromatic nitrogens is 2. The summed E-state index contributed by atoms with van der Waals surface area (Å²) < 4.78 is 1.70. The van der Waals surface area contributed by atoms with Crippen molar-refractivity contribution in [3.05, 3.63) is 53.4 Å². The molecule has 6 nitrogen and oxygen atoms in total. The van der Waals surface area contributed by atoms with E-state index in [1.54, 1.807) is 46.1 Å². The van der Waals surface area contributed by atoms with Crippen LogP contribution in [0.3, 0.4) is 0 Å². The predicted molar refractivity (Wildman–Crippen MR) is 87.9 cm³/mol. The molecular formula is C17H18N4O2. The zero-order chi connectivity index (χ0) is 16.4. The van der Waals surface area contributed by atoms with Gasteiger partial charge in [-0.25, -0.2) is 0 Å². The number of anilines is 1. The maximum Gasteiger partial charge on any atom is 0.251 e. The van der Waals surface area contributed by atoms with Crippen LogP contribution in [-0.2, 0) is 18.3 Å². The van der Waals surface area contributed by atoms with Crippen LogP contribution in [0.2, 0.25) is 0 Å². The number of primary amides is 1. The van der Waals surface area contributed by atoms with Gasteiger partial charge in [-0.1, -0.05) is 0 Å². The number of carbonyl (C=O) groups excluding carboxylic acids is 2. The molecule has 118 valence electrons. The van der Waals surface area contributed by atoms with E-state index in [0.717, 1.165) is 29.8 Å². The molecule has 2 amide bonds. The van der Waals surface area contributed by atoms with Crippen molar-refractivity contribution >= 4 is 23.6 Å². The number of nitrogens with zero attached hydrogens (tertiary/aromatic N) is 3. The molecule has 1 aliphatic heterocycles. The van der Waals surface area contributed by atoms with Gasteiger partial charge >= 0.3 is 0 Å². The molecule has 0 saturated heterocycles. The highest BCUT2D eigenvalue weighted by molar-refractivity contribution is 6.05. The summed E-state index contributed by atoms with van der Waals surface area (Å²) in [6.45, 7) is 0.664. The van der Waals surface area contributed by atoms with Gasteiger partial charge in [-0.15, -0.1) is 0 Å². The normalized spacial score (nSPS) is 14.0. The zero-order valence-corrected chi connectivity index (χ0v) is 12.9. The van der Waals surface area contributed by atoms with Crippen molar-refractivity contribution in [3.8, 4) is 0 Å². The minimum atomic E-state index is -0.452. The first-order valence-corrected chi connectivity index (χ1v) is 7.46. The van der Waals surface area contributed by atoms with Crippen molar-refractivity contribution in [1.82, 2.24) is 9.78 Å². The third kappa shape index (κ3) is 3.01. The van der Waals surface area contributed by atoms with Crippen molar-refractivity contribution in [2.24, 2.45) is 12.8 Å². The van der Waals surface area contributed by atoms with Crippen LogP contribution in [0.5, 0.6) is 0 Å². The average molecular weight is 310 g/mol. The number of carbonyl (C=O) groups is 2. The maximum atomic E-state index is 12.5. The molecule has 0 atom stereocenters. The van der Waals surface area contributed by atoms with E-state index in [4.69, 9.17) is 5.73 Å². The number of amides is 2. The molecule has 2 N–H and O–H groups in total. The second-order valence-electron chi connectivity index (χ2n) is 5.51. The highest BCUT2D eigenvalue weighted by Gasteiger charge is 2.21. The SMILES string of the molecule is Cn1nccc1C=CC(=O)N1CCCc2cc(C(N)=O)ccc21. The fourth-order valence-electron chi connectivity index (χ4n) is 2.77. The summed E-state index contributed by atoms with van der Waals surface area (Å²) in [5, 5.41) is 4.07. The van der Waals surface area contributed by atoms with Crippen LogP contribution >= 0.6 is 0 Å². The fourth-order valence-corrected chi connectivity index (χ4v) is 2.77. The van der Waals surface area contributed by atoms with Gasteiger partial charge in [0, 0.05) is 37.1 Å². The molecule has 2 aromatic rings. The Hall–Kier alpha value is -2.89. The Morgan fingerprint density at radius 1 is 1.30 bits per heavy atom. The Kier molecular flexibility index (Phi) is 3.97. The Balaban J connectivity index is 1.85. The van der Waals surface area contributed by atoms with Gasteiger partial charge in [0.25, 0.3) is 5.91 Å². The molecule has 0 saturated carbocycles. The lowest BCUT2D eigenvalue weighted by Crippen LogP contribution is -2.34. The monoisotopic (exact) mass is 310 g/mol. The molecule has 0 spiro atoms. The lowest BCUT2D eigenvalue weighted by atomic mass is 9.99. The molecule has 3 rings (SSSR count). The Bertz CT molecular complexity index is 792. The van der Waals surface area contributed by atoms with E-state index in [1.165, 1.54) is 0 Å². The molecule has 0 aliphatic carbocycles. The van der Waals surface area contributed by atoms with E-state index in [9.17, 15) is 9.59 Å². The number of hydrogen-bond acceptors (Lipinski definition) is 3. The molecule has 1 aromatic heterocycles. The molecule has 23 heavy (non-hydrogen) atoms. The average Bonchev–Trinajstić information content (AvgIpc) is 2.96. The first-order valence-electron chi connectivity index (χ1n) is 7.46. The van der Waals surface area contributed by atoms with Gasteiger partial charge in [-0.05, 0) is 48.7 Å². The summed E-state index contributed by atoms with van der Waals surface area (Å²) in [7, 11) is 1.83. The van der Waals surface area contributed by atoms with Crippen molar-refractivity contribution in [1.29, 1.82) is 0 Å². The third-order valence-corrected chi connectivity index (χ3v) is 4.00. The Labute approximate surface area is 134 Å². The molecule has 0 bridgehead atoms. The lowest BCUT2D eigenvalue weighted by molar-refractivity contribution is -0.114. The van der Waals surface area contributed by atoms with Gasteiger partial charge in [-0.3, -0.25) is 14.3 Å². The third-order valence-electron chi connectivity index (χ3n) is 4.00. The summed E-state index contributed by atoms with van der Waals surface area (Å²) >= 11 is 0. The van der Waals surface area contributed by atoms with Crippen molar-refractivity contribution in [2.45, 2.75) is 12.8 Å². The maximum absolute atomic E-state index is 12.5. The summed E-state index contributed by atoms with van der Waals surface area (Å²) in [4.78, 5) is 25.5. The second kappa shape index (κ2) is 6.08. The second-order valence-corrected chi connectivity index (χ2v) is 5.51. The van der Waals surface area contributed by atoms with Crippen molar-refractivity contribution < 1.29 is 9.59 Å². The summed E-state index contributed by atoms with van der Waals surface area (Å²) in [5.74, 6) is -0.536. The molecule has 0 unspecified atom stereocenters. The van der Waals surface area contributed by atoms with Crippen LogP contribution in [0.25, 0.3) is 6.08 Å². The predicted octanol–water partition coefficient (Wildman–Crippen LogP) is 1.51. The standard InChI is InChI=1S/C17H18N4O2/c1-20-14(8-9-19-20)5-7-16(22)21-10-2-3-12-11-13(17(18)23)4-6-15(12)21/h4-9,11H,2-3,10H2,1H3,(H2,18,23). The molecule has 0 radical (unpaired) electrons. The van der Waals surface area contributed by atoms with Gasteiger partial charge in [0.2, 0.25) is 5.91 Å². The van der Waals surface area contributed by atoms with Gasteiger partial charge in [0.05, 0.1) is 5.69 Å². The van der Waals surface area contributed by atoms with Crippen molar-refractivity contribution in [3.63, 3.8) is 0 Å². The van der Waals surface area contributed by atoms with Gasteiger partial charge in [-0.2, -0.15) is 5.10 Å². The molecule has 0 fully saturated rings. The summed E-state index contributed by atoms with van der Waals surface area (Å²) in [6.07, 6.45) is 6.69. The van der Waals surface area contributed by atoms with E-state index in [-0.39, 0.29) is 5.91 Å². The summed E-state index contributed by atoms with van der Waals surface area (Å²) in [5.41, 5.74) is 8.48. The minimum Gasteiger partial charge on any atom is -0.366 e. The Morgan fingerprint density at radius 2 is 2.13 bits per heavy atom. The van der Waals surface area contributed by atoms with Crippen LogP contribution < -0.4 is 10.6 Å². The minimum absolute atomic E-state index is 0.0843.